The molecule has 2 aromatic carbocycles. The van der Waals surface area contributed by atoms with Gasteiger partial charge in [0.2, 0.25) is 0 Å². The summed E-state index contributed by atoms with van der Waals surface area (Å²) in [6, 6.07) is 11.2. The Kier molecular flexibility index (Phi) is 7.66. The van der Waals surface area contributed by atoms with E-state index in [1.807, 2.05) is 51.0 Å². The highest BCUT2D eigenvalue weighted by atomic mass is 35.5. The molecule has 1 heterocycles. The number of amides is 1. The van der Waals surface area contributed by atoms with E-state index in [1.54, 1.807) is 18.2 Å². The molecule has 0 saturated carbocycles. The third-order valence-corrected chi connectivity index (χ3v) is 5.62. The van der Waals surface area contributed by atoms with Crippen LogP contribution in [0.3, 0.4) is 0 Å². The normalized spacial score (nSPS) is 17.8. The molecular weight excluding hydrogens is 444 g/mol. The highest BCUT2D eigenvalue weighted by molar-refractivity contribution is 6.46. The van der Waals surface area contributed by atoms with Crippen molar-refractivity contribution in [2.45, 2.75) is 26.0 Å². The van der Waals surface area contributed by atoms with Gasteiger partial charge in [0.1, 0.15) is 17.3 Å². The fraction of sp³-hybridized carbons (Fsp3) is 0.360. The average Bonchev–Trinajstić information content (AvgIpc) is 3.01. The van der Waals surface area contributed by atoms with Gasteiger partial charge < -0.3 is 24.4 Å². The first-order valence-corrected chi connectivity index (χ1v) is 11.1. The third kappa shape index (κ3) is 5.15. The van der Waals surface area contributed by atoms with E-state index in [9.17, 15) is 14.7 Å². The zero-order valence-electron chi connectivity index (χ0n) is 19.5. The molecule has 1 atom stereocenters. The second-order valence-electron chi connectivity index (χ2n) is 8.35. The van der Waals surface area contributed by atoms with Crippen LogP contribution < -0.4 is 9.47 Å². The summed E-state index contributed by atoms with van der Waals surface area (Å²) in [5, 5.41) is 11.5. The molecule has 33 heavy (non-hydrogen) atoms. The van der Waals surface area contributed by atoms with Crippen LogP contribution in [-0.4, -0.2) is 67.0 Å². The molecule has 1 aliphatic heterocycles. The fourth-order valence-electron chi connectivity index (χ4n) is 3.78. The third-order valence-electron chi connectivity index (χ3n) is 5.33. The lowest BCUT2D eigenvalue weighted by Gasteiger charge is -2.28. The summed E-state index contributed by atoms with van der Waals surface area (Å²) < 4.78 is 11.2. The van der Waals surface area contributed by atoms with Crippen molar-refractivity contribution in [1.29, 1.82) is 0 Å². The van der Waals surface area contributed by atoms with Crippen LogP contribution in [0, 0.1) is 0 Å². The van der Waals surface area contributed by atoms with E-state index < -0.39 is 17.7 Å². The monoisotopic (exact) mass is 472 g/mol. The zero-order valence-corrected chi connectivity index (χ0v) is 20.2. The number of aliphatic hydroxyl groups is 1. The van der Waals surface area contributed by atoms with Gasteiger partial charge in [0.25, 0.3) is 11.7 Å². The van der Waals surface area contributed by atoms with E-state index >= 15 is 0 Å². The van der Waals surface area contributed by atoms with Crippen LogP contribution >= 0.6 is 11.6 Å². The van der Waals surface area contributed by atoms with E-state index in [1.165, 1.54) is 18.1 Å². The van der Waals surface area contributed by atoms with Gasteiger partial charge in [-0.3, -0.25) is 9.59 Å². The molecule has 176 valence electrons. The van der Waals surface area contributed by atoms with Crippen molar-refractivity contribution in [3.05, 3.63) is 64.2 Å². The summed E-state index contributed by atoms with van der Waals surface area (Å²) in [5.41, 5.74) is 0.948. The van der Waals surface area contributed by atoms with Crippen molar-refractivity contribution in [3.63, 3.8) is 0 Å². The van der Waals surface area contributed by atoms with Crippen LogP contribution in [0.2, 0.25) is 5.02 Å². The molecule has 0 aromatic heterocycles. The molecule has 1 unspecified atom stereocenters. The quantitative estimate of drug-likeness (QED) is 0.353. The molecule has 1 N–H and O–H groups in total. The van der Waals surface area contributed by atoms with Gasteiger partial charge in [-0.15, -0.1) is 0 Å². The molecule has 1 saturated heterocycles. The Morgan fingerprint density at radius 2 is 1.85 bits per heavy atom. The Hall–Kier alpha value is -3.03. The van der Waals surface area contributed by atoms with Gasteiger partial charge in [-0.05, 0) is 52.2 Å². The van der Waals surface area contributed by atoms with Crippen LogP contribution in [0.25, 0.3) is 5.76 Å². The molecule has 1 fully saturated rings. The number of likely N-dealkylation sites (N-methyl/N-ethyl adjacent to an activating group) is 1. The summed E-state index contributed by atoms with van der Waals surface area (Å²) in [4.78, 5) is 29.7. The van der Waals surface area contributed by atoms with Crippen LogP contribution in [0.4, 0.5) is 0 Å². The van der Waals surface area contributed by atoms with E-state index in [-0.39, 0.29) is 22.5 Å². The van der Waals surface area contributed by atoms with E-state index in [0.717, 1.165) is 0 Å². The molecule has 0 radical (unpaired) electrons. The zero-order chi connectivity index (χ0) is 24.3. The number of hydrogen-bond donors (Lipinski definition) is 1. The van der Waals surface area contributed by atoms with Crippen LogP contribution in [0.5, 0.6) is 11.5 Å². The lowest BCUT2D eigenvalue weighted by Crippen LogP contribution is -2.35. The number of carbonyl (C=O) groups excluding carboxylic acids is 2. The number of Topliss-reactive ketones (excluding diaryl/α,β-unsaturated/α-hetero) is 1. The summed E-state index contributed by atoms with van der Waals surface area (Å²) in [5.74, 6) is -0.723. The first kappa shape index (κ1) is 24.6. The van der Waals surface area contributed by atoms with E-state index in [4.69, 9.17) is 21.1 Å². The average molecular weight is 473 g/mol. The second kappa shape index (κ2) is 10.3. The van der Waals surface area contributed by atoms with Crippen molar-refractivity contribution in [3.8, 4) is 11.5 Å². The Balaban J connectivity index is 2.20. The first-order chi connectivity index (χ1) is 15.6. The van der Waals surface area contributed by atoms with Gasteiger partial charge in [0.05, 0.1) is 29.9 Å². The number of nitrogens with zero attached hydrogens (tertiary/aromatic N) is 2. The van der Waals surface area contributed by atoms with Gasteiger partial charge in [-0.1, -0.05) is 29.8 Å². The van der Waals surface area contributed by atoms with Crippen LogP contribution in [0.15, 0.2) is 48.0 Å². The summed E-state index contributed by atoms with van der Waals surface area (Å²) in [7, 11) is 5.27. The molecule has 7 nitrogen and oxygen atoms in total. The minimum absolute atomic E-state index is 0.000189. The number of para-hydroxylation sites is 1. The van der Waals surface area contributed by atoms with Crippen molar-refractivity contribution < 1.29 is 24.2 Å². The Morgan fingerprint density at radius 1 is 1.15 bits per heavy atom. The Labute approximate surface area is 199 Å². The van der Waals surface area contributed by atoms with Crippen molar-refractivity contribution >= 4 is 29.1 Å². The molecule has 0 aliphatic carbocycles. The maximum Gasteiger partial charge on any atom is 0.295 e. The smallest absolute Gasteiger partial charge is 0.295 e. The number of carbonyl (C=O) groups is 2. The van der Waals surface area contributed by atoms with Gasteiger partial charge >= 0.3 is 0 Å². The predicted octanol–water partition coefficient (Wildman–Crippen LogP) is 4.12. The number of ether oxygens (including phenoxy) is 2. The number of methoxy groups -OCH3 is 1. The molecular formula is C25H29ClN2O5. The van der Waals surface area contributed by atoms with Gasteiger partial charge in [-0.2, -0.15) is 0 Å². The molecule has 1 amide bonds. The number of hydrogen-bond acceptors (Lipinski definition) is 6. The lowest BCUT2D eigenvalue weighted by atomic mass is 9.94. The maximum absolute atomic E-state index is 13.2. The number of benzene rings is 2. The second-order valence-corrected chi connectivity index (χ2v) is 8.76. The van der Waals surface area contributed by atoms with Crippen molar-refractivity contribution in [2.75, 3.05) is 34.3 Å². The minimum atomic E-state index is -0.805. The highest BCUT2D eigenvalue weighted by Gasteiger charge is 2.47. The predicted molar refractivity (Wildman–Crippen MR) is 128 cm³/mol. The number of ketones is 1. The largest absolute Gasteiger partial charge is 0.507 e. The van der Waals surface area contributed by atoms with Crippen molar-refractivity contribution in [2.24, 2.45) is 0 Å². The number of halogens is 1. The van der Waals surface area contributed by atoms with Crippen LogP contribution in [-0.2, 0) is 9.59 Å². The topological polar surface area (TPSA) is 79.3 Å². The Morgan fingerprint density at radius 3 is 2.45 bits per heavy atom. The number of rotatable bonds is 8. The fourth-order valence-corrected chi connectivity index (χ4v) is 4.04. The minimum Gasteiger partial charge on any atom is -0.507 e. The highest BCUT2D eigenvalue weighted by Crippen LogP contribution is 2.43. The standard InChI is InChI=1S/C25H29ClN2O5/c1-15(2)33-19-9-7-6-8-17(19)22-21(24(30)25(31)28(22)13-12-27(3)4)23(29)16-10-11-20(32-5)18(26)14-16/h6-11,14-15,22,29H,12-13H2,1-5H3/b23-21-. The number of likely N-dealkylation sites (tertiary alicyclic amines) is 1. The Bertz CT molecular complexity index is 1080. The molecule has 0 bridgehead atoms. The summed E-state index contributed by atoms with van der Waals surface area (Å²) in [6.07, 6.45) is -0.115. The van der Waals surface area contributed by atoms with E-state index in [0.29, 0.717) is 35.7 Å². The van der Waals surface area contributed by atoms with Gasteiger partial charge in [-0.25, -0.2) is 0 Å². The SMILES string of the molecule is COc1ccc(/C(O)=C2/C(=O)C(=O)N(CCN(C)C)C2c2ccccc2OC(C)C)cc1Cl. The van der Waals surface area contributed by atoms with Gasteiger partial charge in [0, 0.05) is 24.2 Å². The molecule has 2 aromatic rings. The molecule has 8 heteroatoms. The maximum atomic E-state index is 13.2. The van der Waals surface area contributed by atoms with Crippen molar-refractivity contribution in [1.82, 2.24) is 9.80 Å². The lowest BCUT2D eigenvalue weighted by molar-refractivity contribution is -0.140. The van der Waals surface area contributed by atoms with E-state index in [2.05, 4.69) is 0 Å². The van der Waals surface area contributed by atoms with Crippen LogP contribution in [0.1, 0.15) is 31.0 Å². The summed E-state index contributed by atoms with van der Waals surface area (Å²) in [6.45, 7) is 4.65. The van der Waals surface area contributed by atoms with Gasteiger partial charge in [0.15, 0.2) is 0 Å². The molecule has 0 spiro atoms. The first-order valence-electron chi connectivity index (χ1n) is 10.7. The molecule has 3 rings (SSSR count). The summed E-state index contributed by atoms with van der Waals surface area (Å²) >= 11 is 6.25. The number of aliphatic hydroxyl groups excluding tert-OH is 1. The molecule has 1 aliphatic rings.